The lowest BCUT2D eigenvalue weighted by molar-refractivity contribution is -0.151. The molecule has 0 bridgehead atoms. The van der Waals surface area contributed by atoms with Crippen LogP contribution in [0.1, 0.15) is 50.4 Å². The SMILES string of the molecule is C=CC(C)(C)C(=O)Nc1ccccc1C(=O)CCNC(=O)CCC(NC(C)=O)C(=O)OCC(O)CO. The van der Waals surface area contributed by atoms with Crippen LogP contribution in [0.15, 0.2) is 36.9 Å². The van der Waals surface area contributed by atoms with Gasteiger partial charge in [0, 0.05) is 31.9 Å². The van der Waals surface area contributed by atoms with Crippen molar-refractivity contribution in [2.24, 2.45) is 5.41 Å². The van der Waals surface area contributed by atoms with Gasteiger partial charge in [0.15, 0.2) is 5.78 Å². The van der Waals surface area contributed by atoms with Crippen LogP contribution in [0.25, 0.3) is 0 Å². The fourth-order valence-corrected chi connectivity index (χ4v) is 2.85. The molecule has 0 saturated heterocycles. The van der Waals surface area contributed by atoms with Crippen molar-refractivity contribution < 1.29 is 38.9 Å². The molecule has 1 rings (SSSR count). The number of Topliss-reactive ketones (excluding diaryl/α,β-unsaturated/α-hetero) is 1. The van der Waals surface area contributed by atoms with Gasteiger partial charge in [-0.2, -0.15) is 0 Å². The number of rotatable bonds is 15. The summed E-state index contributed by atoms with van der Waals surface area (Å²) in [5.41, 5.74) is -0.167. The van der Waals surface area contributed by atoms with Gasteiger partial charge >= 0.3 is 5.97 Å². The van der Waals surface area contributed by atoms with E-state index in [0.29, 0.717) is 11.3 Å². The molecule has 1 aromatic rings. The van der Waals surface area contributed by atoms with Crippen molar-refractivity contribution in [2.45, 2.75) is 52.2 Å². The van der Waals surface area contributed by atoms with Crippen LogP contribution in [0, 0.1) is 5.41 Å². The third kappa shape index (κ3) is 10.4. The highest BCUT2D eigenvalue weighted by Crippen LogP contribution is 2.22. The van der Waals surface area contributed by atoms with E-state index in [1.165, 1.54) is 13.0 Å². The molecule has 2 atom stereocenters. The minimum atomic E-state index is -1.25. The Morgan fingerprint density at radius 2 is 1.81 bits per heavy atom. The maximum atomic E-state index is 12.7. The van der Waals surface area contributed by atoms with Crippen molar-refractivity contribution >= 4 is 35.2 Å². The first kappa shape index (κ1) is 30.5. The molecule has 0 radical (unpaired) electrons. The normalized spacial score (nSPS) is 12.6. The highest BCUT2D eigenvalue weighted by Gasteiger charge is 2.25. The number of benzene rings is 1. The fourth-order valence-electron chi connectivity index (χ4n) is 2.85. The van der Waals surface area contributed by atoms with Crippen molar-refractivity contribution in [1.82, 2.24) is 10.6 Å². The molecule has 0 aliphatic heterocycles. The summed E-state index contributed by atoms with van der Waals surface area (Å²) in [5, 5.41) is 25.8. The van der Waals surface area contributed by atoms with Crippen LogP contribution in [0.3, 0.4) is 0 Å². The summed E-state index contributed by atoms with van der Waals surface area (Å²) in [4.78, 5) is 60.9. The lowest BCUT2D eigenvalue weighted by Crippen LogP contribution is -2.42. The maximum absolute atomic E-state index is 12.7. The van der Waals surface area contributed by atoms with E-state index >= 15 is 0 Å². The topological polar surface area (TPSA) is 171 Å². The number of ether oxygens (including phenoxy) is 1. The number of aliphatic hydroxyl groups excluding tert-OH is 2. The monoisotopic (exact) mass is 505 g/mol. The predicted octanol–water partition coefficient (Wildman–Crippen LogP) is 0.708. The van der Waals surface area contributed by atoms with Crippen molar-refractivity contribution in [1.29, 1.82) is 0 Å². The Morgan fingerprint density at radius 1 is 1.14 bits per heavy atom. The molecule has 36 heavy (non-hydrogen) atoms. The Labute approximate surface area is 210 Å². The molecule has 0 heterocycles. The number of ketones is 1. The van der Waals surface area contributed by atoms with Gasteiger partial charge in [0.25, 0.3) is 0 Å². The largest absolute Gasteiger partial charge is 0.461 e. The van der Waals surface area contributed by atoms with Gasteiger partial charge in [-0.1, -0.05) is 18.2 Å². The second kappa shape index (κ2) is 14.7. The number of amides is 3. The van der Waals surface area contributed by atoms with E-state index in [1.807, 2.05) is 0 Å². The van der Waals surface area contributed by atoms with Crippen LogP contribution in [0.2, 0.25) is 0 Å². The van der Waals surface area contributed by atoms with Crippen molar-refractivity contribution in [3.8, 4) is 0 Å². The number of hydrogen-bond donors (Lipinski definition) is 5. The van der Waals surface area contributed by atoms with E-state index < -0.39 is 48.6 Å². The number of para-hydroxylation sites is 1. The molecule has 198 valence electrons. The third-order valence-electron chi connectivity index (χ3n) is 5.20. The summed E-state index contributed by atoms with van der Waals surface area (Å²) in [6, 6.07) is 5.44. The van der Waals surface area contributed by atoms with Crippen molar-refractivity contribution in [3.05, 3.63) is 42.5 Å². The number of anilines is 1. The molecule has 0 aliphatic rings. The maximum Gasteiger partial charge on any atom is 0.328 e. The Hall–Kier alpha value is -3.57. The van der Waals surface area contributed by atoms with Crippen LogP contribution in [0.5, 0.6) is 0 Å². The molecule has 11 nitrogen and oxygen atoms in total. The van der Waals surface area contributed by atoms with E-state index in [0.717, 1.165) is 0 Å². The molecule has 0 fully saturated rings. The number of carbonyl (C=O) groups is 5. The van der Waals surface area contributed by atoms with Gasteiger partial charge in [-0.05, 0) is 32.4 Å². The summed E-state index contributed by atoms with van der Waals surface area (Å²) in [6.07, 6.45) is 0.0256. The highest BCUT2D eigenvalue weighted by atomic mass is 16.5. The lowest BCUT2D eigenvalue weighted by atomic mass is 9.92. The molecule has 0 aromatic heterocycles. The van der Waals surface area contributed by atoms with Crippen LogP contribution in [-0.2, 0) is 23.9 Å². The smallest absolute Gasteiger partial charge is 0.328 e. The van der Waals surface area contributed by atoms with Gasteiger partial charge in [-0.15, -0.1) is 6.58 Å². The predicted molar refractivity (Wildman–Crippen MR) is 132 cm³/mol. The van der Waals surface area contributed by atoms with Crippen LogP contribution in [-0.4, -0.2) is 71.6 Å². The average Bonchev–Trinajstić information content (AvgIpc) is 2.84. The zero-order valence-corrected chi connectivity index (χ0v) is 20.8. The molecule has 3 amide bonds. The summed E-state index contributed by atoms with van der Waals surface area (Å²) in [6.45, 7) is 7.22. The highest BCUT2D eigenvalue weighted by molar-refractivity contribution is 6.06. The second-order valence-corrected chi connectivity index (χ2v) is 8.71. The zero-order valence-electron chi connectivity index (χ0n) is 20.8. The van der Waals surface area contributed by atoms with Gasteiger partial charge in [0.1, 0.15) is 18.8 Å². The first-order valence-electron chi connectivity index (χ1n) is 11.5. The fraction of sp³-hybridized carbons (Fsp3) is 0.480. The quantitative estimate of drug-likeness (QED) is 0.132. The van der Waals surface area contributed by atoms with E-state index in [1.54, 1.807) is 38.1 Å². The minimum absolute atomic E-state index is 0.0238. The number of hydrogen-bond acceptors (Lipinski definition) is 8. The number of nitrogens with one attached hydrogen (secondary N) is 3. The number of aliphatic hydroxyl groups is 2. The van der Waals surface area contributed by atoms with Gasteiger partial charge in [0.2, 0.25) is 17.7 Å². The van der Waals surface area contributed by atoms with Crippen LogP contribution in [0.4, 0.5) is 5.69 Å². The van der Waals surface area contributed by atoms with Crippen LogP contribution < -0.4 is 16.0 Å². The Bertz CT molecular complexity index is 960. The van der Waals surface area contributed by atoms with E-state index in [9.17, 15) is 29.1 Å². The van der Waals surface area contributed by atoms with E-state index in [-0.39, 0.29) is 37.5 Å². The van der Waals surface area contributed by atoms with Gasteiger partial charge < -0.3 is 30.9 Å². The number of carbonyl (C=O) groups excluding carboxylic acids is 5. The molecule has 5 N–H and O–H groups in total. The Balaban J connectivity index is 2.61. The molecule has 11 heteroatoms. The average molecular weight is 506 g/mol. The first-order chi connectivity index (χ1) is 16.9. The second-order valence-electron chi connectivity index (χ2n) is 8.71. The molecule has 0 saturated carbocycles. The lowest BCUT2D eigenvalue weighted by Gasteiger charge is -2.20. The van der Waals surface area contributed by atoms with Gasteiger partial charge in [-0.25, -0.2) is 4.79 Å². The molecule has 1 aromatic carbocycles. The van der Waals surface area contributed by atoms with Gasteiger partial charge in [0.05, 0.1) is 17.7 Å². The van der Waals surface area contributed by atoms with Crippen molar-refractivity contribution in [3.63, 3.8) is 0 Å². The Morgan fingerprint density at radius 3 is 2.42 bits per heavy atom. The molecule has 2 unspecified atom stereocenters. The third-order valence-corrected chi connectivity index (χ3v) is 5.20. The standard InChI is InChI=1S/C25H35N3O8/c1-5-25(3,4)24(35)28-19-9-7-6-8-18(19)21(32)12-13-26-22(33)11-10-20(27-16(2)30)23(34)36-15-17(31)14-29/h5-9,17,20,29,31H,1,10-15H2,2-4H3,(H,26,33)(H,27,30)(H,28,35). The Kier molecular flexibility index (Phi) is 12.5. The van der Waals surface area contributed by atoms with Gasteiger partial charge in [-0.3, -0.25) is 19.2 Å². The molecule has 0 spiro atoms. The van der Waals surface area contributed by atoms with Crippen LogP contribution >= 0.6 is 0 Å². The summed E-state index contributed by atoms with van der Waals surface area (Å²) in [5.74, 6) is -2.41. The summed E-state index contributed by atoms with van der Waals surface area (Å²) < 4.78 is 4.84. The summed E-state index contributed by atoms with van der Waals surface area (Å²) >= 11 is 0. The zero-order chi connectivity index (χ0) is 27.3. The first-order valence-corrected chi connectivity index (χ1v) is 11.5. The van der Waals surface area contributed by atoms with Crippen molar-refractivity contribution in [2.75, 3.05) is 25.1 Å². The summed E-state index contributed by atoms with van der Waals surface area (Å²) in [7, 11) is 0. The van der Waals surface area contributed by atoms with E-state index in [2.05, 4.69) is 22.5 Å². The molecular weight excluding hydrogens is 470 g/mol. The number of esters is 1. The van der Waals surface area contributed by atoms with E-state index in [4.69, 9.17) is 9.84 Å². The minimum Gasteiger partial charge on any atom is -0.461 e. The molecular formula is C25H35N3O8. The molecule has 0 aliphatic carbocycles.